The molecule has 4 heteroatoms. The second kappa shape index (κ2) is 9.94. The summed E-state index contributed by atoms with van der Waals surface area (Å²) in [4.78, 5) is 5.02. The topological polar surface area (TPSA) is 32.5 Å². The van der Waals surface area contributed by atoms with E-state index >= 15 is 0 Å². The van der Waals surface area contributed by atoms with Gasteiger partial charge < -0.3 is 10.6 Å². The fourth-order valence-corrected chi connectivity index (χ4v) is 2.77. The molecule has 1 aromatic carbocycles. The predicted molar refractivity (Wildman–Crippen MR) is 93.9 cm³/mol. The third-order valence-electron chi connectivity index (χ3n) is 3.45. The fourth-order valence-electron chi connectivity index (χ4n) is 2.35. The average molecular weight is 295 g/mol. The number of hydrogen-bond donors (Lipinski definition) is 1. The molecule has 0 spiro atoms. The van der Waals surface area contributed by atoms with Crippen LogP contribution in [-0.2, 0) is 0 Å². The molecule has 0 saturated carbocycles. The largest absolute Gasteiger partial charge is 0.399 e. The first-order chi connectivity index (χ1) is 9.79. The van der Waals surface area contributed by atoms with Gasteiger partial charge in [-0.15, -0.1) is 0 Å². The maximum atomic E-state index is 5.72. The van der Waals surface area contributed by atoms with Crippen LogP contribution in [-0.4, -0.2) is 49.6 Å². The first kappa shape index (κ1) is 17.2. The molecule has 0 unspecified atom stereocenters. The Morgan fingerprint density at radius 2 is 1.65 bits per heavy atom. The quantitative estimate of drug-likeness (QED) is 0.668. The summed E-state index contributed by atoms with van der Waals surface area (Å²) in [5.41, 5.74) is 7.86. The Kier molecular flexibility index (Phi) is 8.54. The van der Waals surface area contributed by atoms with E-state index in [0.717, 1.165) is 18.8 Å². The molecule has 0 bridgehead atoms. The van der Waals surface area contributed by atoms with Gasteiger partial charge in [0, 0.05) is 37.6 Å². The summed E-state index contributed by atoms with van der Waals surface area (Å²) >= 11 is 1.94. The average Bonchev–Trinajstić information content (AvgIpc) is 2.51. The highest BCUT2D eigenvalue weighted by Gasteiger charge is 2.16. The van der Waals surface area contributed by atoms with Crippen molar-refractivity contribution in [3.8, 4) is 0 Å². The monoisotopic (exact) mass is 295 g/mol. The van der Waals surface area contributed by atoms with E-state index < -0.39 is 0 Å². The number of rotatable bonds is 5. The summed E-state index contributed by atoms with van der Waals surface area (Å²) in [6, 6.07) is 8.22. The standard InChI is InChI=1S/C14H23N3S.C2H6/c1-18-12-2-7-16-8-10-17(11-9-16)14-5-3-13(15)4-6-14;1-2/h3-6H,2,7-12,15H2,1H3;1-2H3. The van der Waals surface area contributed by atoms with Gasteiger partial charge >= 0.3 is 0 Å². The molecule has 0 aliphatic carbocycles. The zero-order valence-corrected chi connectivity index (χ0v) is 14.0. The van der Waals surface area contributed by atoms with E-state index in [1.165, 1.54) is 37.5 Å². The van der Waals surface area contributed by atoms with Crippen LogP contribution in [0.25, 0.3) is 0 Å². The van der Waals surface area contributed by atoms with Gasteiger partial charge in [0.25, 0.3) is 0 Å². The van der Waals surface area contributed by atoms with Gasteiger partial charge in [-0.25, -0.2) is 0 Å². The molecule has 2 rings (SSSR count). The van der Waals surface area contributed by atoms with Crippen molar-refractivity contribution in [3.05, 3.63) is 24.3 Å². The highest BCUT2D eigenvalue weighted by molar-refractivity contribution is 7.98. The van der Waals surface area contributed by atoms with E-state index in [4.69, 9.17) is 5.73 Å². The number of benzene rings is 1. The zero-order chi connectivity index (χ0) is 14.8. The molecule has 114 valence electrons. The molecular formula is C16H29N3S. The van der Waals surface area contributed by atoms with Crippen molar-refractivity contribution < 1.29 is 0 Å². The Labute approximate surface area is 128 Å². The van der Waals surface area contributed by atoms with Crippen molar-refractivity contribution in [2.75, 3.05) is 55.4 Å². The van der Waals surface area contributed by atoms with Crippen molar-refractivity contribution in [2.24, 2.45) is 0 Å². The minimum Gasteiger partial charge on any atom is -0.399 e. The predicted octanol–water partition coefficient (Wildman–Crippen LogP) is 3.17. The van der Waals surface area contributed by atoms with E-state index in [2.05, 4.69) is 28.2 Å². The number of hydrogen-bond acceptors (Lipinski definition) is 4. The Hall–Kier alpha value is -0.870. The number of nitrogens with two attached hydrogens (primary N) is 1. The molecule has 3 nitrogen and oxygen atoms in total. The molecule has 1 saturated heterocycles. The third-order valence-corrected chi connectivity index (χ3v) is 4.15. The Balaban J connectivity index is 0.000000956. The van der Waals surface area contributed by atoms with Crippen LogP contribution in [0.2, 0.25) is 0 Å². The van der Waals surface area contributed by atoms with Crippen LogP contribution in [0.5, 0.6) is 0 Å². The molecule has 0 amide bonds. The number of piperazine rings is 1. The van der Waals surface area contributed by atoms with Gasteiger partial charge in [-0.1, -0.05) is 13.8 Å². The van der Waals surface area contributed by atoms with Crippen LogP contribution in [0.15, 0.2) is 24.3 Å². The molecule has 1 aliphatic heterocycles. The van der Waals surface area contributed by atoms with E-state index in [0.29, 0.717) is 0 Å². The Morgan fingerprint density at radius 3 is 2.20 bits per heavy atom. The summed E-state index contributed by atoms with van der Waals surface area (Å²) in [5.74, 6) is 1.28. The molecule has 1 fully saturated rings. The summed E-state index contributed by atoms with van der Waals surface area (Å²) < 4.78 is 0. The lowest BCUT2D eigenvalue weighted by atomic mass is 10.2. The van der Waals surface area contributed by atoms with Crippen LogP contribution in [0, 0.1) is 0 Å². The number of anilines is 2. The van der Waals surface area contributed by atoms with Gasteiger partial charge in [-0.2, -0.15) is 11.8 Å². The summed E-state index contributed by atoms with van der Waals surface area (Å²) in [6.45, 7) is 9.86. The fraction of sp³-hybridized carbons (Fsp3) is 0.625. The Bertz CT molecular complexity index is 345. The number of nitrogens with zero attached hydrogens (tertiary/aromatic N) is 2. The van der Waals surface area contributed by atoms with E-state index in [1.54, 1.807) is 0 Å². The smallest absolute Gasteiger partial charge is 0.0368 e. The Morgan fingerprint density at radius 1 is 1.05 bits per heavy atom. The van der Waals surface area contributed by atoms with Crippen molar-refractivity contribution in [3.63, 3.8) is 0 Å². The zero-order valence-electron chi connectivity index (χ0n) is 13.1. The van der Waals surface area contributed by atoms with Crippen molar-refractivity contribution in [1.29, 1.82) is 0 Å². The van der Waals surface area contributed by atoms with Crippen molar-refractivity contribution in [2.45, 2.75) is 20.3 Å². The van der Waals surface area contributed by atoms with Gasteiger partial charge in [-0.3, -0.25) is 4.90 Å². The summed E-state index contributed by atoms with van der Waals surface area (Å²) in [5, 5.41) is 0. The molecule has 1 aliphatic rings. The second-order valence-corrected chi connectivity index (χ2v) is 5.75. The van der Waals surface area contributed by atoms with Gasteiger partial charge in [-0.05, 0) is 49.2 Å². The first-order valence-electron chi connectivity index (χ1n) is 7.61. The molecule has 0 atom stereocenters. The number of thioether (sulfide) groups is 1. The molecule has 20 heavy (non-hydrogen) atoms. The maximum absolute atomic E-state index is 5.72. The maximum Gasteiger partial charge on any atom is 0.0368 e. The van der Waals surface area contributed by atoms with Crippen LogP contribution >= 0.6 is 11.8 Å². The van der Waals surface area contributed by atoms with Crippen LogP contribution in [0.3, 0.4) is 0 Å². The number of nitrogen functional groups attached to an aromatic ring is 1. The van der Waals surface area contributed by atoms with Crippen LogP contribution < -0.4 is 10.6 Å². The van der Waals surface area contributed by atoms with Crippen LogP contribution in [0.1, 0.15) is 20.3 Å². The lowest BCUT2D eigenvalue weighted by Gasteiger charge is -2.36. The molecule has 1 heterocycles. The van der Waals surface area contributed by atoms with Gasteiger partial charge in [0.05, 0.1) is 0 Å². The highest BCUT2D eigenvalue weighted by atomic mass is 32.2. The summed E-state index contributed by atoms with van der Waals surface area (Å²) in [7, 11) is 0. The van der Waals surface area contributed by atoms with E-state index in [-0.39, 0.29) is 0 Å². The first-order valence-corrected chi connectivity index (χ1v) is 9.01. The molecular weight excluding hydrogens is 266 g/mol. The SMILES string of the molecule is CC.CSCCCN1CCN(c2ccc(N)cc2)CC1. The lowest BCUT2D eigenvalue weighted by Crippen LogP contribution is -2.46. The van der Waals surface area contributed by atoms with Gasteiger partial charge in [0.1, 0.15) is 0 Å². The normalized spacial score (nSPS) is 15.7. The summed E-state index contributed by atoms with van der Waals surface area (Å²) in [6.07, 6.45) is 3.49. The molecule has 0 radical (unpaired) electrons. The van der Waals surface area contributed by atoms with E-state index in [9.17, 15) is 0 Å². The molecule has 1 aromatic rings. The minimum absolute atomic E-state index is 0.842. The van der Waals surface area contributed by atoms with Gasteiger partial charge in [0.2, 0.25) is 0 Å². The third kappa shape index (κ3) is 5.63. The highest BCUT2D eigenvalue weighted by Crippen LogP contribution is 2.18. The second-order valence-electron chi connectivity index (χ2n) is 4.77. The van der Waals surface area contributed by atoms with Gasteiger partial charge in [0.15, 0.2) is 0 Å². The molecule has 0 aromatic heterocycles. The van der Waals surface area contributed by atoms with Crippen molar-refractivity contribution in [1.82, 2.24) is 4.90 Å². The van der Waals surface area contributed by atoms with E-state index in [1.807, 2.05) is 37.7 Å². The molecule has 2 N–H and O–H groups in total. The lowest BCUT2D eigenvalue weighted by molar-refractivity contribution is 0.259. The van der Waals surface area contributed by atoms with Crippen molar-refractivity contribution >= 4 is 23.1 Å². The van der Waals surface area contributed by atoms with Crippen LogP contribution in [0.4, 0.5) is 11.4 Å². The minimum atomic E-state index is 0.842.